The highest BCUT2D eigenvalue weighted by atomic mass is 16.5. The number of aliphatic hydroxyl groups excluding tert-OH is 1. The number of fused-ring (bicyclic) bond motifs is 1. The van der Waals surface area contributed by atoms with E-state index in [0.29, 0.717) is 6.61 Å². The van der Waals surface area contributed by atoms with Gasteiger partial charge in [-0.3, -0.25) is 0 Å². The van der Waals surface area contributed by atoms with Crippen LogP contribution in [-0.2, 0) is 17.6 Å². The molecule has 5 nitrogen and oxygen atoms in total. The highest BCUT2D eigenvalue weighted by Gasteiger charge is 2.26. The van der Waals surface area contributed by atoms with Crippen molar-refractivity contribution in [3.63, 3.8) is 0 Å². The lowest BCUT2D eigenvalue weighted by Crippen LogP contribution is -2.41. The Morgan fingerprint density at radius 3 is 2.95 bits per heavy atom. The summed E-state index contributed by atoms with van der Waals surface area (Å²) in [5, 5.41) is 8.92. The minimum atomic E-state index is 0.0957. The van der Waals surface area contributed by atoms with Crippen LogP contribution in [0.25, 0.3) is 0 Å². The molecule has 0 spiro atoms. The van der Waals surface area contributed by atoms with Crippen LogP contribution in [0, 0.1) is 6.92 Å². The van der Waals surface area contributed by atoms with Gasteiger partial charge in [0.2, 0.25) is 0 Å². The van der Waals surface area contributed by atoms with E-state index < -0.39 is 0 Å². The van der Waals surface area contributed by atoms with Gasteiger partial charge < -0.3 is 14.7 Å². The van der Waals surface area contributed by atoms with E-state index in [4.69, 9.17) is 14.8 Å². The third kappa shape index (κ3) is 3.35. The second-order valence-electron chi connectivity index (χ2n) is 6.03. The summed E-state index contributed by atoms with van der Waals surface area (Å²) in [7, 11) is 0. The number of anilines is 1. The molecule has 0 amide bonds. The number of nitrogens with zero attached hydrogens (tertiary/aromatic N) is 3. The molecule has 0 bridgehead atoms. The van der Waals surface area contributed by atoms with Crippen molar-refractivity contribution in [3.05, 3.63) is 17.1 Å². The van der Waals surface area contributed by atoms with Crippen molar-refractivity contribution in [2.75, 3.05) is 31.2 Å². The largest absolute Gasteiger partial charge is 0.394 e. The average molecular weight is 291 g/mol. The lowest BCUT2D eigenvalue weighted by Gasteiger charge is -2.35. The summed E-state index contributed by atoms with van der Waals surface area (Å²) in [4.78, 5) is 11.7. The van der Waals surface area contributed by atoms with E-state index >= 15 is 0 Å². The van der Waals surface area contributed by atoms with Gasteiger partial charge in [0, 0.05) is 24.3 Å². The molecule has 116 valence electrons. The standard InChI is InChI=1S/C16H25N3O2/c1-12-17-15-7-3-2-6-14(15)16(18-12)19-8-4-5-13(11-19)21-10-9-20/h13,20H,2-11H2,1H3. The predicted molar refractivity (Wildman–Crippen MR) is 81.7 cm³/mol. The fraction of sp³-hybridized carbons (Fsp3) is 0.750. The molecule has 1 aromatic rings. The van der Waals surface area contributed by atoms with Crippen molar-refractivity contribution in [3.8, 4) is 0 Å². The molecule has 1 aliphatic carbocycles. The molecule has 0 aromatic carbocycles. The van der Waals surface area contributed by atoms with Crippen LogP contribution in [0.5, 0.6) is 0 Å². The SMILES string of the molecule is Cc1nc2c(c(N3CCCC(OCCO)C3)n1)CCCC2. The minimum absolute atomic E-state index is 0.0957. The number of ether oxygens (including phenoxy) is 1. The lowest BCUT2D eigenvalue weighted by atomic mass is 9.95. The van der Waals surface area contributed by atoms with E-state index in [1.807, 2.05) is 6.92 Å². The highest BCUT2D eigenvalue weighted by molar-refractivity contribution is 5.50. The van der Waals surface area contributed by atoms with Gasteiger partial charge in [-0.25, -0.2) is 9.97 Å². The Hall–Kier alpha value is -1.20. The Kier molecular flexibility index (Phi) is 4.70. The molecule has 1 aliphatic heterocycles. The number of piperidine rings is 1. The van der Waals surface area contributed by atoms with Crippen molar-refractivity contribution in [2.24, 2.45) is 0 Å². The topological polar surface area (TPSA) is 58.5 Å². The molecular weight excluding hydrogens is 266 g/mol. The van der Waals surface area contributed by atoms with Gasteiger partial charge in [0.25, 0.3) is 0 Å². The second kappa shape index (κ2) is 6.71. The average Bonchev–Trinajstić information content (AvgIpc) is 2.52. The maximum atomic E-state index is 8.92. The summed E-state index contributed by atoms with van der Waals surface area (Å²) < 4.78 is 5.72. The molecule has 3 rings (SSSR count). The number of aromatic nitrogens is 2. The molecule has 5 heteroatoms. The van der Waals surface area contributed by atoms with Gasteiger partial charge in [-0.05, 0) is 45.4 Å². The number of hydrogen-bond donors (Lipinski definition) is 1. The quantitative estimate of drug-likeness (QED) is 0.914. The van der Waals surface area contributed by atoms with E-state index in [9.17, 15) is 0 Å². The zero-order chi connectivity index (χ0) is 14.7. The minimum Gasteiger partial charge on any atom is -0.394 e. The monoisotopic (exact) mass is 291 g/mol. The molecule has 0 saturated carbocycles. The lowest BCUT2D eigenvalue weighted by molar-refractivity contribution is 0.0213. The van der Waals surface area contributed by atoms with Gasteiger partial charge in [-0.1, -0.05) is 0 Å². The molecular formula is C16H25N3O2. The first-order valence-corrected chi connectivity index (χ1v) is 8.11. The third-order valence-electron chi connectivity index (χ3n) is 4.40. The fourth-order valence-corrected chi connectivity index (χ4v) is 3.44. The van der Waals surface area contributed by atoms with Crippen molar-refractivity contribution in [1.82, 2.24) is 9.97 Å². The van der Waals surface area contributed by atoms with Crippen molar-refractivity contribution in [1.29, 1.82) is 0 Å². The fourth-order valence-electron chi connectivity index (χ4n) is 3.44. The molecule has 1 fully saturated rings. The zero-order valence-corrected chi connectivity index (χ0v) is 12.8. The Bertz CT molecular complexity index is 493. The van der Waals surface area contributed by atoms with Crippen LogP contribution in [0.3, 0.4) is 0 Å². The third-order valence-corrected chi connectivity index (χ3v) is 4.40. The number of aryl methyl sites for hydroxylation is 2. The van der Waals surface area contributed by atoms with Crippen LogP contribution >= 0.6 is 0 Å². The number of aliphatic hydroxyl groups is 1. The van der Waals surface area contributed by atoms with E-state index in [2.05, 4.69) is 9.88 Å². The Labute approximate surface area is 126 Å². The zero-order valence-electron chi connectivity index (χ0n) is 12.8. The summed E-state index contributed by atoms with van der Waals surface area (Å²) in [6.45, 7) is 4.44. The van der Waals surface area contributed by atoms with Gasteiger partial charge >= 0.3 is 0 Å². The van der Waals surface area contributed by atoms with E-state index in [1.165, 1.54) is 24.1 Å². The first-order chi connectivity index (χ1) is 10.3. The summed E-state index contributed by atoms with van der Waals surface area (Å²) >= 11 is 0. The molecule has 1 saturated heterocycles. The van der Waals surface area contributed by atoms with Crippen LogP contribution in [0.1, 0.15) is 42.8 Å². The molecule has 0 radical (unpaired) electrons. The van der Waals surface area contributed by atoms with Gasteiger partial charge in [-0.2, -0.15) is 0 Å². The van der Waals surface area contributed by atoms with Crippen molar-refractivity contribution in [2.45, 2.75) is 51.6 Å². The van der Waals surface area contributed by atoms with E-state index in [1.54, 1.807) is 0 Å². The Morgan fingerprint density at radius 1 is 1.24 bits per heavy atom. The first-order valence-electron chi connectivity index (χ1n) is 8.11. The Morgan fingerprint density at radius 2 is 2.10 bits per heavy atom. The normalized spacial score (nSPS) is 22.2. The molecule has 1 N–H and O–H groups in total. The second-order valence-corrected chi connectivity index (χ2v) is 6.03. The summed E-state index contributed by atoms with van der Waals surface area (Å²) in [5.74, 6) is 2.01. The molecule has 2 heterocycles. The molecule has 1 aromatic heterocycles. The van der Waals surface area contributed by atoms with Crippen LogP contribution in [-0.4, -0.2) is 47.5 Å². The first kappa shape index (κ1) is 14.7. The van der Waals surface area contributed by atoms with Crippen LogP contribution in [0.15, 0.2) is 0 Å². The van der Waals surface area contributed by atoms with Gasteiger partial charge in [0.15, 0.2) is 0 Å². The van der Waals surface area contributed by atoms with Crippen LogP contribution in [0.4, 0.5) is 5.82 Å². The summed E-state index contributed by atoms with van der Waals surface area (Å²) in [6, 6.07) is 0. The number of hydrogen-bond acceptors (Lipinski definition) is 5. The highest BCUT2D eigenvalue weighted by Crippen LogP contribution is 2.30. The predicted octanol–water partition coefficient (Wildman–Crippen LogP) is 1.64. The number of rotatable bonds is 4. The molecule has 1 unspecified atom stereocenters. The Balaban J connectivity index is 1.80. The molecule has 21 heavy (non-hydrogen) atoms. The molecule has 2 aliphatic rings. The van der Waals surface area contributed by atoms with Gasteiger partial charge in [-0.15, -0.1) is 0 Å². The summed E-state index contributed by atoms with van der Waals surface area (Å²) in [6.07, 6.45) is 7.07. The molecule has 1 atom stereocenters. The van der Waals surface area contributed by atoms with E-state index in [-0.39, 0.29) is 12.7 Å². The van der Waals surface area contributed by atoms with Crippen LogP contribution in [0.2, 0.25) is 0 Å². The van der Waals surface area contributed by atoms with E-state index in [0.717, 1.165) is 50.4 Å². The van der Waals surface area contributed by atoms with Gasteiger partial charge in [0.1, 0.15) is 11.6 Å². The smallest absolute Gasteiger partial charge is 0.135 e. The maximum absolute atomic E-state index is 8.92. The van der Waals surface area contributed by atoms with Crippen LogP contribution < -0.4 is 4.90 Å². The van der Waals surface area contributed by atoms with Gasteiger partial charge in [0.05, 0.1) is 19.3 Å². The van der Waals surface area contributed by atoms with Crippen molar-refractivity contribution < 1.29 is 9.84 Å². The summed E-state index contributed by atoms with van der Waals surface area (Å²) in [5.41, 5.74) is 2.61. The maximum Gasteiger partial charge on any atom is 0.135 e. The van der Waals surface area contributed by atoms with Crippen molar-refractivity contribution >= 4 is 5.82 Å².